The van der Waals surface area contributed by atoms with E-state index in [2.05, 4.69) is 64.9 Å². The Labute approximate surface area is 165 Å². The highest BCUT2D eigenvalue weighted by atomic mass is 16.5. The second-order valence-electron chi connectivity index (χ2n) is 7.51. The molecule has 4 rings (SSSR count). The predicted molar refractivity (Wildman–Crippen MR) is 110 cm³/mol. The number of benzene rings is 1. The minimum Gasteiger partial charge on any atom is -0.383 e. The van der Waals surface area contributed by atoms with Crippen molar-refractivity contribution >= 4 is 11.5 Å². The van der Waals surface area contributed by atoms with Crippen molar-refractivity contribution in [3.63, 3.8) is 0 Å². The van der Waals surface area contributed by atoms with Crippen LogP contribution in [0.1, 0.15) is 30.9 Å². The molecule has 1 aromatic carbocycles. The number of anilines is 2. The molecule has 0 radical (unpaired) electrons. The zero-order valence-corrected chi connectivity index (χ0v) is 16.3. The van der Waals surface area contributed by atoms with Gasteiger partial charge in [-0.1, -0.05) is 12.1 Å². The van der Waals surface area contributed by atoms with E-state index in [9.17, 15) is 5.26 Å². The number of pyridine rings is 1. The molecular formula is C21H26N6O. The Balaban J connectivity index is 1.69. The van der Waals surface area contributed by atoms with Crippen LogP contribution in [-0.4, -0.2) is 43.4 Å². The number of nitrogens with one attached hydrogen (secondary N) is 2. The van der Waals surface area contributed by atoms with E-state index in [-0.39, 0.29) is 18.0 Å². The Bertz CT molecular complexity index is 875. The summed E-state index contributed by atoms with van der Waals surface area (Å²) in [5.41, 5.74) is 17.1. The summed E-state index contributed by atoms with van der Waals surface area (Å²) >= 11 is 0. The van der Waals surface area contributed by atoms with E-state index in [1.165, 1.54) is 5.69 Å². The van der Waals surface area contributed by atoms with Crippen LogP contribution in [0.5, 0.6) is 0 Å². The summed E-state index contributed by atoms with van der Waals surface area (Å²) < 4.78 is 5.43. The van der Waals surface area contributed by atoms with Crippen LogP contribution >= 0.6 is 0 Å². The lowest BCUT2D eigenvalue weighted by Crippen LogP contribution is -2.36. The number of rotatable bonds is 3. The molecule has 2 saturated heterocycles. The van der Waals surface area contributed by atoms with E-state index in [1.807, 2.05) is 6.07 Å². The molecule has 0 spiro atoms. The molecule has 2 atom stereocenters. The third kappa shape index (κ3) is 3.42. The van der Waals surface area contributed by atoms with Gasteiger partial charge in [-0.15, -0.1) is 0 Å². The van der Waals surface area contributed by atoms with E-state index in [4.69, 9.17) is 10.5 Å². The molecule has 0 bridgehead atoms. The van der Waals surface area contributed by atoms with Crippen LogP contribution in [0.4, 0.5) is 11.5 Å². The lowest BCUT2D eigenvalue weighted by Gasteiger charge is -2.29. The summed E-state index contributed by atoms with van der Waals surface area (Å²) in [5, 5.41) is 9.65. The van der Waals surface area contributed by atoms with E-state index in [0.29, 0.717) is 11.4 Å². The Morgan fingerprint density at radius 1 is 1.14 bits per heavy atom. The average molecular weight is 378 g/mol. The molecule has 0 aliphatic carbocycles. The number of morpholine rings is 1. The van der Waals surface area contributed by atoms with Crippen LogP contribution in [0.2, 0.25) is 0 Å². The highest BCUT2D eigenvalue weighted by Crippen LogP contribution is 2.34. The van der Waals surface area contributed by atoms with Gasteiger partial charge in [-0.05, 0) is 37.6 Å². The fourth-order valence-corrected chi connectivity index (χ4v) is 4.20. The number of ether oxygens (including phenoxy) is 1. The van der Waals surface area contributed by atoms with Gasteiger partial charge in [-0.2, -0.15) is 5.26 Å². The first-order valence-corrected chi connectivity index (χ1v) is 9.73. The molecular weight excluding hydrogens is 352 g/mol. The molecule has 7 heteroatoms. The van der Waals surface area contributed by atoms with Crippen molar-refractivity contribution in [2.75, 3.05) is 36.9 Å². The fourth-order valence-electron chi connectivity index (χ4n) is 4.20. The lowest BCUT2D eigenvalue weighted by molar-refractivity contribution is 0.122. The maximum atomic E-state index is 9.65. The van der Waals surface area contributed by atoms with Gasteiger partial charge in [0.1, 0.15) is 11.9 Å². The van der Waals surface area contributed by atoms with Crippen LogP contribution in [0, 0.1) is 11.3 Å². The summed E-state index contributed by atoms with van der Waals surface area (Å²) in [7, 11) is 0. The molecule has 2 aliphatic rings. The predicted octanol–water partition coefficient (Wildman–Crippen LogP) is 2.01. The van der Waals surface area contributed by atoms with E-state index >= 15 is 0 Å². The minimum absolute atomic E-state index is 0.145. The molecule has 2 aromatic rings. The molecule has 4 N–H and O–H groups in total. The summed E-state index contributed by atoms with van der Waals surface area (Å²) in [4.78, 5) is 6.84. The first kappa shape index (κ1) is 18.7. The first-order valence-electron chi connectivity index (χ1n) is 9.73. The minimum atomic E-state index is 0.145. The number of aromatic nitrogens is 1. The third-order valence-electron chi connectivity index (χ3n) is 5.70. The van der Waals surface area contributed by atoms with Crippen LogP contribution in [0.25, 0.3) is 11.3 Å². The highest BCUT2D eigenvalue weighted by molar-refractivity contribution is 5.69. The van der Waals surface area contributed by atoms with Gasteiger partial charge in [-0.3, -0.25) is 10.9 Å². The van der Waals surface area contributed by atoms with E-state index in [1.54, 1.807) is 0 Å². The fraction of sp³-hybridized carbons (Fsp3) is 0.429. The molecule has 146 valence electrons. The molecule has 2 unspecified atom stereocenters. The first-order chi connectivity index (χ1) is 13.6. The van der Waals surface area contributed by atoms with Crippen LogP contribution < -0.4 is 21.5 Å². The maximum absolute atomic E-state index is 9.65. The molecule has 3 heterocycles. The number of nitrogen functional groups attached to an aromatic ring is 1. The molecule has 2 fully saturated rings. The van der Waals surface area contributed by atoms with Gasteiger partial charge < -0.3 is 15.4 Å². The van der Waals surface area contributed by atoms with Crippen LogP contribution in [0.3, 0.4) is 0 Å². The van der Waals surface area contributed by atoms with Crippen molar-refractivity contribution < 1.29 is 4.74 Å². The number of hydrogen-bond acceptors (Lipinski definition) is 7. The largest absolute Gasteiger partial charge is 0.383 e. The summed E-state index contributed by atoms with van der Waals surface area (Å²) in [6, 6.07) is 13.0. The van der Waals surface area contributed by atoms with Crippen molar-refractivity contribution in [3.05, 3.63) is 41.5 Å². The number of hydrogen-bond donors (Lipinski definition) is 3. The quantitative estimate of drug-likeness (QED) is 0.751. The van der Waals surface area contributed by atoms with Crippen molar-refractivity contribution in [3.8, 4) is 17.3 Å². The van der Waals surface area contributed by atoms with Gasteiger partial charge in [0.05, 0.1) is 24.5 Å². The Kier molecular flexibility index (Phi) is 5.18. The Morgan fingerprint density at radius 2 is 1.79 bits per heavy atom. The number of nitrogens with two attached hydrogens (primary N) is 1. The molecule has 0 amide bonds. The lowest BCUT2D eigenvalue weighted by atomic mass is 9.85. The summed E-state index contributed by atoms with van der Waals surface area (Å²) in [5.74, 6) is 0.435. The monoisotopic (exact) mass is 378 g/mol. The van der Waals surface area contributed by atoms with Gasteiger partial charge in [0.15, 0.2) is 0 Å². The van der Waals surface area contributed by atoms with Crippen molar-refractivity contribution in [2.45, 2.75) is 31.8 Å². The molecule has 0 saturated carbocycles. The van der Waals surface area contributed by atoms with E-state index < -0.39 is 0 Å². The topological polar surface area (TPSA) is 99.2 Å². The standard InChI is InChI=1S/C21H26N6O/c1-13-20(14(2)26-25-13)17-11-19(24-21(23)18(17)12-22)15-3-5-16(6-4-15)27-7-9-28-10-8-27/h3-6,11,13-14,20,25-26H,7-10H2,1-2H3,(H2,23,24). The number of nitrogens with zero attached hydrogens (tertiary/aromatic N) is 3. The van der Waals surface area contributed by atoms with Crippen LogP contribution in [0.15, 0.2) is 30.3 Å². The third-order valence-corrected chi connectivity index (χ3v) is 5.70. The van der Waals surface area contributed by atoms with Gasteiger partial charge in [-0.25, -0.2) is 4.98 Å². The van der Waals surface area contributed by atoms with Crippen LogP contribution in [-0.2, 0) is 4.74 Å². The van der Waals surface area contributed by atoms with Crippen molar-refractivity contribution in [1.82, 2.24) is 15.8 Å². The second-order valence-corrected chi connectivity index (χ2v) is 7.51. The SMILES string of the molecule is CC1NNC(C)C1c1cc(-c2ccc(N3CCOCC3)cc2)nc(N)c1C#N. The van der Waals surface area contributed by atoms with Crippen molar-refractivity contribution in [1.29, 1.82) is 5.26 Å². The van der Waals surface area contributed by atoms with Gasteiger partial charge >= 0.3 is 0 Å². The zero-order valence-electron chi connectivity index (χ0n) is 16.3. The second kappa shape index (κ2) is 7.76. The smallest absolute Gasteiger partial charge is 0.142 e. The van der Waals surface area contributed by atoms with Gasteiger partial charge in [0.2, 0.25) is 0 Å². The zero-order chi connectivity index (χ0) is 19.7. The summed E-state index contributed by atoms with van der Waals surface area (Å²) in [6.45, 7) is 7.55. The normalized spacial score (nSPS) is 24.9. The molecule has 2 aliphatic heterocycles. The number of nitriles is 1. The Morgan fingerprint density at radius 3 is 2.39 bits per heavy atom. The average Bonchev–Trinajstić information content (AvgIpc) is 3.06. The van der Waals surface area contributed by atoms with E-state index in [0.717, 1.165) is 43.1 Å². The number of hydrazine groups is 1. The Hall–Kier alpha value is -2.66. The summed E-state index contributed by atoms with van der Waals surface area (Å²) in [6.07, 6.45) is 0. The highest BCUT2D eigenvalue weighted by Gasteiger charge is 2.34. The molecule has 1 aromatic heterocycles. The molecule has 7 nitrogen and oxygen atoms in total. The maximum Gasteiger partial charge on any atom is 0.142 e. The van der Waals surface area contributed by atoms with Gasteiger partial charge in [0, 0.05) is 42.3 Å². The van der Waals surface area contributed by atoms with Gasteiger partial charge in [0.25, 0.3) is 0 Å². The van der Waals surface area contributed by atoms with Crippen molar-refractivity contribution in [2.24, 2.45) is 0 Å². The molecule has 28 heavy (non-hydrogen) atoms.